The third kappa shape index (κ3) is 6.50. The third-order valence-electron chi connectivity index (χ3n) is 5.63. The Morgan fingerprint density at radius 2 is 1.72 bits per heavy atom. The van der Waals surface area contributed by atoms with E-state index in [0.29, 0.717) is 6.07 Å². The number of hydrogen-bond donors (Lipinski definition) is 6. The number of rotatable bonds is 7. The minimum absolute atomic E-state index is 0. The van der Waals surface area contributed by atoms with Crippen LogP contribution in [-0.4, -0.2) is 88.0 Å². The molecule has 1 aliphatic heterocycles. The van der Waals surface area contributed by atoms with Crippen LogP contribution in [0.15, 0.2) is 39.5 Å². The van der Waals surface area contributed by atoms with Gasteiger partial charge in [-0.15, -0.1) is 0 Å². The van der Waals surface area contributed by atoms with Crippen molar-refractivity contribution in [1.82, 2.24) is 0 Å². The normalized spacial score (nSPS) is 23.2. The molecule has 1 fully saturated rings. The number of phenolic OH excluding ortho intramolecular Hbond substituents is 2. The fourth-order valence-corrected chi connectivity index (χ4v) is 4.16. The van der Waals surface area contributed by atoms with E-state index in [-0.39, 0.29) is 62.7 Å². The van der Waals surface area contributed by atoms with Gasteiger partial charge in [0.25, 0.3) is 10.4 Å². The zero-order valence-corrected chi connectivity index (χ0v) is 24.2. The Balaban J connectivity index is 0.00000420. The van der Waals surface area contributed by atoms with Crippen molar-refractivity contribution >= 4 is 21.4 Å². The second kappa shape index (κ2) is 12.2. The van der Waals surface area contributed by atoms with Crippen LogP contribution in [0.25, 0.3) is 22.3 Å². The molecule has 4 rings (SSSR count). The van der Waals surface area contributed by atoms with E-state index in [1.54, 1.807) is 0 Å². The van der Waals surface area contributed by atoms with E-state index < -0.39 is 92.9 Å². The molecule has 39 heavy (non-hydrogen) atoms. The van der Waals surface area contributed by atoms with Crippen LogP contribution < -0.4 is 70.5 Å². The van der Waals surface area contributed by atoms with E-state index in [9.17, 15) is 48.4 Å². The molecule has 0 amide bonds. The van der Waals surface area contributed by atoms with E-state index in [2.05, 4.69) is 4.18 Å². The molecule has 1 aromatic heterocycles. The van der Waals surface area contributed by atoms with Gasteiger partial charge in [0.2, 0.25) is 17.5 Å². The molecule has 0 spiro atoms. The quantitative estimate of drug-likeness (QED) is 0.0862. The molecule has 0 unspecified atom stereocenters. The van der Waals surface area contributed by atoms with Crippen LogP contribution in [0, 0.1) is 0 Å². The SMILES string of the molecule is COc1ccc(-c2oc3cc(OS(=O)(=O)[O-])cc(O)c3c(=O)c2O[C@@H]2O[C@H](CO)[C@@H](O)[C@H](O)[C@H]2O)cc1O.[K+]. The molecule has 5 atom stereocenters. The van der Waals surface area contributed by atoms with E-state index >= 15 is 0 Å². The van der Waals surface area contributed by atoms with E-state index in [0.717, 1.165) is 12.1 Å². The minimum Gasteiger partial charge on any atom is -0.716 e. The first-order chi connectivity index (χ1) is 17.8. The summed E-state index contributed by atoms with van der Waals surface area (Å²) in [6.07, 6.45) is -8.73. The summed E-state index contributed by atoms with van der Waals surface area (Å²) in [5, 5.41) is 60.0. The molecule has 15 nitrogen and oxygen atoms in total. The first-order valence-electron chi connectivity index (χ1n) is 10.7. The molecule has 0 aliphatic carbocycles. The minimum atomic E-state index is -5.26. The van der Waals surface area contributed by atoms with Crippen LogP contribution in [0.4, 0.5) is 0 Å². The van der Waals surface area contributed by atoms with E-state index in [1.807, 2.05) is 0 Å². The third-order valence-corrected chi connectivity index (χ3v) is 6.02. The van der Waals surface area contributed by atoms with Gasteiger partial charge in [-0.3, -0.25) is 4.79 Å². The number of hydrogen-bond acceptors (Lipinski definition) is 15. The van der Waals surface area contributed by atoms with Crippen molar-refractivity contribution in [3.63, 3.8) is 0 Å². The maximum atomic E-state index is 13.5. The topological polar surface area (TPSA) is 246 Å². The smallest absolute Gasteiger partial charge is 0.716 e. The van der Waals surface area contributed by atoms with Gasteiger partial charge in [-0.05, 0) is 18.2 Å². The molecule has 2 heterocycles. The van der Waals surface area contributed by atoms with Crippen molar-refractivity contribution in [3.05, 3.63) is 40.6 Å². The summed E-state index contributed by atoms with van der Waals surface area (Å²) < 4.78 is 58.7. The second-order valence-electron chi connectivity index (χ2n) is 8.10. The summed E-state index contributed by atoms with van der Waals surface area (Å²) in [6.45, 7) is -0.789. The molecular weight excluding hydrogens is 575 g/mol. The zero-order chi connectivity index (χ0) is 27.9. The van der Waals surface area contributed by atoms with Crippen molar-refractivity contribution in [3.8, 4) is 40.1 Å². The largest absolute Gasteiger partial charge is 1.00 e. The first kappa shape index (κ1) is 31.5. The maximum Gasteiger partial charge on any atom is 1.00 e. The molecule has 0 bridgehead atoms. The molecule has 1 saturated heterocycles. The Kier molecular flexibility index (Phi) is 9.90. The number of benzene rings is 2. The van der Waals surface area contributed by atoms with Crippen LogP contribution in [-0.2, 0) is 15.1 Å². The standard InChI is InChI=1S/C22H22O15S.K/c1-33-12-3-2-8(4-10(12)24)20-21(36-22-19(29)18(28)16(26)14(7-23)35-22)17(27)15-11(25)5-9(6-13(15)34-20)37-38(30,31)32;/h2-6,14,16,18-19,22-26,28-29H,7H2,1H3,(H,30,31,32);/q;+1/p-1/t14-,16-,18+,19-,22+;/m1./s1. The Bertz CT molecular complexity index is 1520. The van der Waals surface area contributed by atoms with Gasteiger partial charge in [-0.1, -0.05) is 0 Å². The van der Waals surface area contributed by atoms with Crippen molar-refractivity contribution < 1.29 is 118 Å². The number of phenols is 2. The number of fused-ring (bicyclic) bond motifs is 1. The Hall–Kier alpha value is -2.00. The first-order valence-corrected chi connectivity index (χ1v) is 12.0. The molecule has 17 heteroatoms. The summed E-state index contributed by atoms with van der Waals surface area (Å²) in [5.74, 6) is -3.08. The van der Waals surface area contributed by atoms with Crippen LogP contribution in [0.2, 0.25) is 0 Å². The number of ether oxygens (including phenoxy) is 3. The summed E-state index contributed by atoms with van der Waals surface area (Å²) in [6, 6.07) is 5.21. The van der Waals surface area contributed by atoms with E-state index in [4.69, 9.17) is 18.6 Å². The molecule has 206 valence electrons. The average molecular weight is 597 g/mol. The van der Waals surface area contributed by atoms with E-state index in [1.165, 1.54) is 19.2 Å². The summed E-state index contributed by atoms with van der Waals surface area (Å²) in [7, 11) is -3.98. The summed E-state index contributed by atoms with van der Waals surface area (Å²) in [5.41, 5.74) is -1.59. The number of aromatic hydroxyl groups is 2. The Morgan fingerprint density at radius 1 is 1.03 bits per heavy atom. The van der Waals surface area contributed by atoms with Crippen molar-refractivity contribution in [2.75, 3.05) is 13.7 Å². The number of aliphatic hydroxyl groups excluding tert-OH is 4. The van der Waals surface area contributed by atoms with Gasteiger partial charge in [-0.25, -0.2) is 8.42 Å². The molecule has 3 aromatic rings. The number of methoxy groups -OCH3 is 1. The van der Waals surface area contributed by atoms with Crippen LogP contribution in [0.3, 0.4) is 0 Å². The van der Waals surface area contributed by atoms with Crippen molar-refractivity contribution in [2.45, 2.75) is 30.7 Å². The average Bonchev–Trinajstić information content (AvgIpc) is 2.84. The van der Waals surface area contributed by atoms with Crippen LogP contribution in [0.1, 0.15) is 0 Å². The maximum absolute atomic E-state index is 13.5. The van der Waals surface area contributed by atoms with Gasteiger partial charge in [0.15, 0.2) is 17.3 Å². The van der Waals surface area contributed by atoms with Crippen molar-refractivity contribution in [2.24, 2.45) is 0 Å². The molecule has 2 aromatic carbocycles. The summed E-state index contributed by atoms with van der Waals surface area (Å²) in [4.78, 5) is 13.5. The van der Waals surface area contributed by atoms with Gasteiger partial charge in [0.1, 0.15) is 46.9 Å². The molecule has 0 saturated carbocycles. The second-order valence-corrected chi connectivity index (χ2v) is 9.08. The fourth-order valence-electron chi connectivity index (χ4n) is 3.83. The molecule has 1 aliphatic rings. The van der Waals surface area contributed by atoms with Gasteiger partial charge in [0.05, 0.1) is 13.7 Å². The molecular formula is C22H21KO15S. The summed E-state index contributed by atoms with van der Waals surface area (Å²) >= 11 is 0. The molecule has 6 N–H and O–H groups in total. The predicted molar refractivity (Wildman–Crippen MR) is 123 cm³/mol. The predicted octanol–water partition coefficient (Wildman–Crippen LogP) is -4.10. The van der Waals surface area contributed by atoms with Gasteiger partial charge >= 0.3 is 51.4 Å². The van der Waals surface area contributed by atoms with Crippen molar-refractivity contribution in [1.29, 1.82) is 0 Å². The van der Waals surface area contributed by atoms with Gasteiger partial charge in [0, 0.05) is 17.7 Å². The van der Waals surface area contributed by atoms with Crippen LogP contribution >= 0.6 is 0 Å². The Morgan fingerprint density at radius 3 is 2.31 bits per heavy atom. The number of aliphatic hydroxyl groups is 4. The van der Waals surface area contributed by atoms with Gasteiger partial charge in [-0.2, -0.15) is 0 Å². The fraction of sp³-hybridized carbons (Fsp3) is 0.318. The molecule has 0 radical (unpaired) electrons. The Labute approximate surface area is 262 Å². The van der Waals surface area contributed by atoms with Gasteiger partial charge < -0.3 is 58.0 Å². The monoisotopic (exact) mass is 596 g/mol. The zero-order valence-electron chi connectivity index (χ0n) is 20.2. The van der Waals surface area contributed by atoms with Crippen LogP contribution in [0.5, 0.6) is 28.7 Å².